The van der Waals surface area contributed by atoms with E-state index >= 15 is 0 Å². The second-order valence-corrected chi connectivity index (χ2v) is 4.74. The number of nitrogens with zero attached hydrogens (tertiary/aromatic N) is 1. The van der Waals surface area contributed by atoms with E-state index in [2.05, 4.69) is 27.9 Å². The maximum Gasteiger partial charge on any atom is 0.221 e. The molecule has 0 radical (unpaired) electrons. The lowest BCUT2D eigenvalue weighted by atomic mass is 10.3. The zero-order valence-electron chi connectivity index (χ0n) is 13.6. The Kier molecular flexibility index (Phi) is 8.49. The highest BCUT2D eigenvalue weighted by atomic mass is 16.5. The first kappa shape index (κ1) is 17.8. The molecule has 3 N–H and O–H groups in total. The molecule has 0 aliphatic rings. The minimum Gasteiger partial charge on any atom is -0.492 e. The van der Waals surface area contributed by atoms with Crippen LogP contribution in [0, 0.1) is 0 Å². The molecule has 6 nitrogen and oxygen atoms in total. The van der Waals surface area contributed by atoms with E-state index in [4.69, 9.17) is 4.74 Å². The van der Waals surface area contributed by atoms with Crippen molar-refractivity contribution in [2.24, 2.45) is 4.99 Å². The molecule has 0 saturated heterocycles. The first-order valence-electron chi connectivity index (χ1n) is 7.68. The summed E-state index contributed by atoms with van der Waals surface area (Å²) in [5.41, 5.74) is 0.732. The molecule has 0 bridgehead atoms. The number of rotatable bonds is 8. The average molecular weight is 306 g/mol. The van der Waals surface area contributed by atoms with Crippen molar-refractivity contribution in [3.8, 4) is 5.75 Å². The molecule has 1 aromatic rings. The largest absolute Gasteiger partial charge is 0.492 e. The lowest BCUT2D eigenvalue weighted by Crippen LogP contribution is -2.39. The van der Waals surface area contributed by atoms with Crippen LogP contribution in [0.2, 0.25) is 0 Å². The van der Waals surface area contributed by atoms with Gasteiger partial charge in [0.15, 0.2) is 5.96 Å². The first-order valence-corrected chi connectivity index (χ1v) is 7.68. The third kappa shape index (κ3) is 7.52. The molecule has 0 atom stereocenters. The molecule has 6 heteroatoms. The van der Waals surface area contributed by atoms with Crippen LogP contribution in [0.3, 0.4) is 0 Å². The number of ether oxygens (including phenoxy) is 1. The van der Waals surface area contributed by atoms with Gasteiger partial charge < -0.3 is 20.7 Å². The van der Waals surface area contributed by atoms with Crippen LogP contribution < -0.4 is 20.7 Å². The highest BCUT2D eigenvalue weighted by Gasteiger charge is 2.00. The van der Waals surface area contributed by atoms with Gasteiger partial charge in [0, 0.05) is 31.8 Å². The van der Waals surface area contributed by atoms with Crippen LogP contribution in [-0.4, -0.2) is 38.1 Å². The second kappa shape index (κ2) is 10.5. The van der Waals surface area contributed by atoms with Crippen molar-refractivity contribution in [2.75, 3.05) is 31.6 Å². The molecule has 22 heavy (non-hydrogen) atoms. The van der Waals surface area contributed by atoms with E-state index in [0.29, 0.717) is 13.2 Å². The molecule has 0 unspecified atom stereocenters. The Balaban J connectivity index is 2.38. The van der Waals surface area contributed by atoms with E-state index in [1.165, 1.54) is 6.92 Å². The van der Waals surface area contributed by atoms with Gasteiger partial charge in [-0.25, -0.2) is 0 Å². The molecule has 0 fully saturated rings. The van der Waals surface area contributed by atoms with Crippen LogP contribution >= 0.6 is 0 Å². The van der Waals surface area contributed by atoms with Crippen molar-refractivity contribution >= 4 is 17.6 Å². The highest BCUT2D eigenvalue weighted by molar-refractivity contribution is 5.88. The molecule has 0 saturated carbocycles. The van der Waals surface area contributed by atoms with Gasteiger partial charge in [-0.2, -0.15) is 0 Å². The van der Waals surface area contributed by atoms with Gasteiger partial charge in [0.2, 0.25) is 5.91 Å². The minimum atomic E-state index is -0.0961. The number of carbonyl (C=O) groups is 1. The number of benzene rings is 1. The van der Waals surface area contributed by atoms with Gasteiger partial charge in [0.05, 0.1) is 6.54 Å². The van der Waals surface area contributed by atoms with E-state index < -0.39 is 0 Å². The number of guanidine groups is 1. The fourth-order valence-corrected chi connectivity index (χ4v) is 1.77. The summed E-state index contributed by atoms with van der Waals surface area (Å²) in [6.07, 6.45) is 1.02. The van der Waals surface area contributed by atoms with Crippen LogP contribution in [0.4, 0.5) is 5.69 Å². The monoisotopic (exact) mass is 306 g/mol. The number of carbonyl (C=O) groups excluding carboxylic acids is 1. The average Bonchev–Trinajstić information content (AvgIpc) is 2.48. The van der Waals surface area contributed by atoms with Gasteiger partial charge in [0.25, 0.3) is 0 Å². The fourth-order valence-electron chi connectivity index (χ4n) is 1.77. The zero-order valence-corrected chi connectivity index (χ0v) is 13.6. The van der Waals surface area contributed by atoms with Gasteiger partial charge >= 0.3 is 0 Å². The first-order chi connectivity index (χ1) is 10.7. The molecular weight excluding hydrogens is 280 g/mol. The predicted molar refractivity (Wildman–Crippen MR) is 90.5 cm³/mol. The summed E-state index contributed by atoms with van der Waals surface area (Å²) >= 11 is 0. The Hall–Kier alpha value is -2.24. The van der Waals surface area contributed by atoms with Crippen LogP contribution in [0.1, 0.15) is 27.2 Å². The van der Waals surface area contributed by atoms with Crippen LogP contribution in [0.15, 0.2) is 29.3 Å². The molecule has 1 rings (SSSR count). The lowest BCUT2D eigenvalue weighted by Gasteiger charge is -2.12. The summed E-state index contributed by atoms with van der Waals surface area (Å²) in [5, 5.41) is 9.13. The number of hydrogen-bond acceptors (Lipinski definition) is 3. The molecule has 122 valence electrons. The Labute approximate surface area is 132 Å². The van der Waals surface area contributed by atoms with Gasteiger partial charge in [0.1, 0.15) is 12.4 Å². The lowest BCUT2D eigenvalue weighted by molar-refractivity contribution is -0.114. The Morgan fingerprint density at radius 1 is 1.27 bits per heavy atom. The van der Waals surface area contributed by atoms with Gasteiger partial charge in [-0.1, -0.05) is 13.0 Å². The molecule has 0 aliphatic heterocycles. The summed E-state index contributed by atoms with van der Waals surface area (Å²) in [4.78, 5) is 15.4. The quantitative estimate of drug-likeness (QED) is 0.390. The van der Waals surface area contributed by atoms with Crippen molar-refractivity contribution in [1.29, 1.82) is 0 Å². The smallest absolute Gasteiger partial charge is 0.221 e. The molecule has 0 heterocycles. The Morgan fingerprint density at radius 3 is 2.77 bits per heavy atom. The van der Waals surface area contributed by atoms with E-state index in [-0.39, 0.29) is 5.91 Å². The highest BCUT2D eigenvalue weighted by Crippen LogP contribution is 2.16. The fraction of sp³-hybridized carbons (Fsp3) is 0.500. The third-order valence-corrected chi connectivity index (χ3v) is 2.66. The number of anilines is 1. The summed E-state index contributed by atoms with van der Waals surface area (Å²) in [5.74, 6) is 1.43. The predicted octanol–water partition coefficient (Wildman–Crippen LogP) is 1.99. The molecule has 0 aliphatic carbocycles. The normalized spacial score (nSPS) is 11.0. The van der Waals surface area contributed by atoms with Crippen LogP contribution in [-0.2, 0) is 4.79 Å². The topological polar surface area (TPSA) is 74.8 Å². The molecule has 0 spiro atoms. The summed E-state index contributed by atoms with van der Waals surface area (Å²) in [7, 11) is 0. The summed E-state index contributed by atoms with van der Waals surface area (Å²) < 4.78 is 5.66. The van der Waals surface area contributed by atoms with Crippen molar-refractivity contribution in [3.63, 3.8) is 0 Å². The maximum absolute atomic E-state index is 11.0. The van der Waals surface area contributed by atoms with Crippen molar-refractivity contribution < 1.29 is 9.53 Å². The number of hydrogen-bond donors (Lipinski definition) is 3. The van der Waals surface area contributed by atoms with Gasteiger partial charge in [-0.15, -0.1) is 0 Å². The number of aliphatic imine (C=N–C) groups is 1. The van der Waals surface area contributed by atoms with E-state index in [9.17, 15) is 4.79 Å². The third-order valence-electron chi connectivity index (χ3n) is 2.66. The van der Waals surface area contributed by atoms with Gasteiger partial charge in [-0.3, -0.25) is 9.79 Å². The zero-order chi connectivity index (χ0) is 16.2. The van der Waals surface area contributed by atoms with Crippen molar-refractivity contribution in [3.05, 3.63) is 24.3 Å². The maximum atomic E-state index is 11.0. The second-order valence-electron chi connectivity index (χ2n) is 4.74. The van der Waals surface area contributed by atoms with E-state index in [0.717, 1.165) is 36.9 Å². The Morgan fingerprint density at radius 2 is 2.09 bits per heavy atom. The Bertz CT molecular complexity index is 489. The van der Waals surface area contributed by atoms with Crippen molar-refractivity contribution in [1.82, 2.24) is 10.6 Å². The number of amides is 1. The summed E-state index contributed by atoms with van der Waals surface area (Å²) in [6, 6.07) is 7.34. The molecule has 1 aromatic carbocycles. The minimum absolute atomic E-state index is 0.0961. The van der Waals surface area contributed by atoms with Crippen LogP contribution in [0.5, 0.6) is 5.75 Å². The summed E-state index contributed by atoms with van der Waals surface area (Å²) in [6.45, 7) is 8.41. The number of nitrogens with one attached hydrogen (secondary N) is 3. The molecule has 0 aromatic heterocycles. The van der Waals surface area contributed by atoms with Gasteiger partial charge in [-0.05, 0) is 25.5 Å². The molecule has 1 amide bonds. The van der Waals surface area contributed by atoms with E-state index in [1.54, 1.807) is 6.07 Å². The molecular formula is C16H26N4O2. The SMILES string of the molecule is CCCN=C(NCC)NCCOc1cccc(NC(C)=O)c1. The van der Waals surface area contributed by atoms with E-state index in [1.807, 2.05) is 25.1 Å². The standard InChI is InChI=1S/C16H26N4O2/c1-4-9-18-16(17-5-2)19-10-11-22-15-8-6-7-14(12-15)20-13(3)21/h6-8,12H,4-5,9-11H2,1-3H3,(H,20,21)(H2,17,18,19). The van der Waals surface area contributed by atoms with Crippen molar-refractivity contribution in [2.45, 2.75) is 27.2 Å². The van der Waals surface area contributed by atoms with Crippen LogP contribution in [0.25, 0.3) is 0 Å².